The summed E-state index contributed by atoms with van der Waals surface area (Å²) in [7, 11) is -3.55. The van der Waals surface area contributed by atoms with Crippen molar-refractivity contribution in [3.8, 4) is 0 Å². The zero-order valence-electron chi connectivity index (χ0n) is 16.4. The summed E-state index contributed by atoms with van der Waals surface area (Å²) >= 11 is 5.43. The van der Waals surface area contributed by atoms with Crippen LogP contribution in [0.3, 0.4) is 0 Å². The number of rotatable bonds is 7. The molecular formula is C19H30N4O3S2. The number of nitrogens with zero attached hydrogens (tertiary/aromatic N) is 2. The lowest BCUT2D eigenvalue weighted by Gasteiger charge is -2.27. The molecule has 0 saturated carbocycles. The van der Waals surface area contributed by atoms with Crippen LogP contribution in [0.25, 0.3) is 0 Å². The van der Waals surface area contributed by atoms with Crippen LogP contribution in [0.2, 0.25) is 0 Å². The summed E-state index contributed by atoms with van der Waals surface area (Å²) < 4.78 is 32.9. The predicted octanol–water partition coefficient (Wildman–Crippen LogP) is 2.39. The summed E-state index contributed by atoms with van der Waals surface area (Å²) in [6.07, 6.45) is 4.41. The monoisotopic (exact) mass is 426 g/mol. The molecule has 2 fully saturated rings. The van der Waals surface area contributed by atoms with Crippen LogP contribution in [0.1, 0.15) is 32.6 Å². The molecule has 3 rings (SSSR count). The minimum Gasteiger partial charge on any atom is -0.379 e. The molecule has 0 bridgehead atoms. The number of ether oxygens (including phenoxy) is 1. The number of unbranched alkanes of at least 4 members (excludes halogenated alkanes) is 1. The van der Waals surface area contributed by atoms with Crippen LogP contribution in [-0.2, 0) is 14.8 Å². The van der Waals surface area contributed by atoms with Crippen LogP contribution in [-0.4, -0.2) is 63.8 Å². The topological polar surface area (TPSA) is 73.9 Å². The summed E-state index contributed by atoms with van der Waals surface area (Å²) in [5, 5.41) is 6.95. The maximum Gasteiger partial charge on any atom is 0.243 e. The molecule has 0 atom stereocenters. The van der Waals surface area contributed by atoms with Crippen LogP contribution < -0.4 is 15.5 Å². The van der Waals surface area contributed by atoms with E-state index in [4.69, 9.17) is 17.0 Å². The van der Waals surface area contributed by atoms with Gasteiger partial charge in [-0.05, 0) is 49.7 Å². The first kappa shape index (κ1) is 21.3. The van der Waals surface area contributed by atoms with E-state index in [0.29, 0.717) is 31.4 Å². The molecule has 0 aliphatic carbocycles. The van der Waals surface area contributed by atoms with E-state index in [0.717, 1.165) is 56.7 Å². The number of nitrogens with one attached hydrogen (secondary N) is 2. The van der Waals surface area contributed by atoms with Crippen molar-refractivity contribution in [1.29, 1.82) is 0 Å². The highest BCUT2D eigenvalue weighted by Crippen LogP contribution is 2.32. The van der Waals surface area contributed by atoms with Gasteiger partial charge in [0.15, 0.2) is 5.11 Å². The largest absolute Gasteiger partial charge is 0.379 e. The second kappa shape index (κ2) is 9.87. The highest BCUT2D eigenvalue weighted by atomic mass is 32.2. The number of morpholine rings is 1. The molecule has 1 aromatic carbocycles. The fourth-order valence-corrected chi connectivity index (χ4v) is 5.14. The number of hydrogen-bond acceptors (Lipinski definition) is 5. The van der Waals surface area contributed by atoms with Crippen LogP contribution in [0.15, 0.2) is 23.1 Å². The second-order valence-electron chi connectivity index (χ2n) is 7.12. The van der Waals surface area contributed by atoms with Crippen LogP contribution >= 0.6 is 12.2 Å². The van der Waals surface area contributed by atoms with E-state index in [9.17, 15) is 8.42 Å². The van der Waals surface area contributed by atoms with Crippen molar-refractivity contribution in [3.63, 3.8) is 0 Å². The third-order valence-electron chi connectivity index (χ3n) is 5.09. The van der Waals surface area contributed by atoms with Crippen molar-refractivity contribution in [3.05, 3.63) is 18.2 Å². The molecule has 0 radical (unpaired) electrons. The quantitative estimate of drug-likeness (QED) is 0.512. The van der Waals surface area contributed by atoms with Gasteiger partial charge in [0.2, 0.25) is 10.0 Å². The summed E-state index contributed by atoms with van der Waals surface area (Å²) in [5.41, 5.74) is 1.74. The van der Waals surface area contributed by atoms with Gasteiger partial charge in [-0.25, -0.2) is 8.42 Å². The molecule has 2 saturated heterocycles. The van der Waals surface area contributed by atoms with Gasteiger partial charge in [0, 0.05) is 32.7 Å². The summed E-state index contributed by atoms with van der Waals surface area (Å²) in [5.74, 6) is 0. The maximum absolute atomic E-state index is 13.0. The predicted molar refractivity (Wildman–Crippen MR) is 117 cm³/mol. The molecule has 2 N–H and O–H groups in total. The highest BCUT2D eigenvalue weighted by Gasteiger charge is 2.28. The Hall–Kier alpha value is -1.42. The Labute approximate surface area is 173 Å². The van der Waals surface area contributed by atoms with Gasteiger partial charge in [-0.2, -0.15) is 4.31 Å². The van der Waals surface area contributed by atoms with E-state index in [1.807, 2.05) is 6.07 Å². The first-order valence-electron chi connectivity index (χ1n) is 10.0. The first-order valence-corrected chi connectivity index (χ1v) is 11.9. The van der Waals surface area contributed by atoms with Crippen LogP contribution in [0.5, 0.6) is 0 Å². The number of sulfonamides is 1. The lowest BCUT2D eigenvalue weighted by molar-refractivity contribution is 0.0730. The van der Waals surface area contributed by atoms with Crippen molar-refractivity contribution < 1.29 is 13.2 Å². The van der Waals surface area contributed by atoms with Gasteiger partial charge in [0.05, 0.1) is 29.5 Å². The molecule has 156 valence electrons. The Morgan fingerprint density at radius 1 is 1.18 bits per heavy atom. The minimum absolute atomic E-state index is 0.288. The second-order valence-corrected chi connectivity index (χ2v) is 9.47. The van der Waals surface area contributed by atoms with Gasteiger partial charge in [-0.3, -0.25) is 0 Å². The minimum atomic E-state index is -3.55. The number of anilines is 2. The van der Waals surface area contributed by atoms with E-state index in [1.165, 1.54) is 4.31 Å². The van der Waals surface area contributed by atoms with E-state index < -0.39 is 10.0 Å². The van der Waals surface area contributed by atoms with Gasteiger partial charge in [0.1, 0.15) is 0 Å². The Bertz CT molecular complexity index is 773. The molecule has 28 heavy (non-hydrogen) atoms. The van der Waals surface area contributed by atoms with Gasteiger partial charge in [-0.1, -0.05) is 13.3 Å². The summed E-state index contributed by atoms with van der Waals surface area (Å²) in [6, 6.07) is 5.32. The SMILES string of the molecule is CCCCNC(=S)Nc1cc(S(=O)(=O)N2CCOCC2)ccc1N1CCCC1. The third kappa shape index (κ3) is 5.14. The summed E-state index contributed by atoms with van der Waals surface area (Å²) in [4.78, 5) is 2.57. The zero-order valence-corrected chi connectivity index (χ0v) is 18.1. The summed E-state index contributed by atoms with van der Waals surface area (Å²) in [6.45, 7) is 6.51. The molecule has 0 amide bonds. The molecule has 0 unspecified atom stereocenters. The fraction of sp³-hybridized carbons (Fsp3) is 0.632. The van der Waals surface area contributed by atoms with Crippen LogP contribution in [0, 0.1) is 0 Å². The molecule has 0 aromatic heterocycles. The van der Waals surface area contributed by atoms with Crippen molar-refractivity contribution in [2.45, 2.75) is 37.5 Å². The van der Waals surface area contributed by atoms with Gasteiger partial charge in [0.25, 0.3) is 0 Å². The molecule has 7 nitrogen and oxygen atoms in total. The number of benzene rings is 1. The molecular weight excluding hydrogens is 396 g/mol. The Balaban J connectivity index is 1.85. The molecule has 2 aliphatic rings. The van der Waals surface area contributed by atoms with Crippen LogP contribution in [0.4, 0.5) is 11.4 Å². The zero-order chi connectivity index (χ0) is 20.0. The van der Waals surface area contributed by atoms with E-state index in [2.05, 4.69) is 22.5 Å². The average Bonchev–Trinajstić information content (AvgIpc) is 3.23. The van der Waals surface area contributed by atoms with Gasteiger partial charge >= 0.3 is 0 Å². The normalized spacial score (nSPS) is 18.2. The molecule has 2 aliphatic heterocycles. The lowest BCUT2D eigenvalue weighted by Crippen LogP contribution is -2.40. The number of hydrogen-bond donors (Lipinski definition) is 2. The first-order chi connectivity index (χ1) is 13.5. The van der Waals surface area contributed by atoms with Crippen molar-refractivity contribution in [1.82, 2.24) is 9.62 Å². The Kier molecular flexibility index (Phi) is 7.50. The van der Waals surface area contributed by atoms with E-state index in [-0.39, 0.29) is 4.90 Å². The number of thiocarbonyl (C=S) groups is 1. The lowest BCUT2D eigenvalue weighted by atomic mass is 10.2. The molecule has 0 spiro atoms. The smallest absolute Gasteiger partial charge is 0.243 e. The molecule has 2 heterocycles. The van der Waals surface area contributed by atoms with Crippen molar-refractivity contribution >= 4 is 38.7 Å². The van der Waals surface area contributed by atoms with Crippen molar-refractivity contribution in [2.24, 2.45) is 0 Å². The van der Waals surface area contributed by atoms with E-state index >= 15 is 0 Å². The third-order valence-corrected chi connectivity index (χ3v) is 7.23. The highest BCUT2D eigenvalue weighted by molar-refractivity contribution is 7.89. The Morgan fingerprint density at radius 3 is 2.57 bits per heavy atom. The maximum atomic E-state index is 13.0. The van der Waals surface area contributed by atoms with E-state index in [1.54, 1.807) is 12.1 Å². The average molecular weight is 427 g/mol. The van der Waals surface area contributed by atoms with Crippen molar-refractivity contribution in [2.75, 3.05) is 56.2 Å². The standard InChI is InChI=1S/C19H30N4O3S2/c1-2-3-8-20-19(27)21-17-15-16(6-7-18(17)22-9-4-5-10-22)28(24,25)23-11-13-26-14-12-23/h6-7,15H,2-5,8-14H2,1H3,(H2,20,21,27). The van der Waals surface area contributed by atoms with Gasteiger partial charge < -0.3 is 20.3 Å². The fourth-order valence-electron chi connectivity index (χ4n) is 3.49. The molecule has 1 aromatic rings. The molecule has 9 heteroatoms. The Morgan fingerprint density at radius 2 is 1.89 bits per heavy atom. The van der Waals surface area contributed by atoms with Gasteiger partial charge in [-0.15, -0.1) is 0 Å².